The van der Waals surface area contributed by atoms with Gasteiger partial charge in [-0.05, 0) is 30.3 Å². The molecule has 9 nitrogen and oxygen atoms in total. The van der Waals surface area contributed by atoms with Crippen LogP contribution >= 0.6 is 0 Å². The molecule has 1 saturated heterocycles. The molecule has 0 unspecified atom stereocenters. The Kier molecular flexibility index (Phi) is 9.00. The second-order valence-electron chi connectivity index (χ2n) is 9.05. The van der Waals surface area contributed by atoms with Crippen molar-refractivity contribution in [1.29, 1.82) is 0 Å². The number of hydrogen-bond acceptors (Lipinski definition) is 8. The fourth-order valence-electron chi connectivity index (χ4n) is 2.60. The number of nitrogens with one attached hydrogen (secondary N) is 1. The summed E-state index contributed by atoms with van der Waals surface area (Å²) >= 11 is 0. The first-order valence-corrected chi connectivity index (χ1v) is 14.9. The van der Waals surface area contributed by atoms with Crippen LogP contribution in [-0.4, -0.2) is 68.0 Å². The van der Waals surface area contributed by atoms with Crippen molar-refractivity contribution in [2.45, 2.75) is 56.3 Å². The third-order valence-corrected chi connectivity index (χ3v) is 11.7. The van der Waals surface area contributed by atoms with E-state index in [-0.39, 0.29) is 28.3 Å². The number of nitrogens with zero attached hydrogens (tertiary/aromatic N) is 1. The Morgan fingerprint density at radius 3 is 2.44 bits per heavy atom. The van der Waals surface area contributed by atoms with Gasteiger partial charge in [-0.3, -0.25) is 0 Å². The van der Waals surface area contributed by atoms with Crippen molar-refractivity contribution in [2.24, 2.45) is 5.16 Å². The monoisotopic (exact) mass is 486 g/mol. The standard InChI is InChI=1S/C21H34N2O7SSi/c1-21(2,3)32(5,6)29-14-12-22-31(25,26)18-9-7-16(8-10-18)19(20(24)27-4)23-30-17-11-13-28-15-17/h7-10,17,22H,11-15H2,1-6H3/b23-19+/t17-/m1/s1. The molecule has 2 rings (SSSR count). The average molecular weight is 487 g/mol. The molecule has 0 bridgehead atoms. The molecule has 1 aromatic rings. The van der Waals surface area contributed by atoms with E-state index >= 15 is 0 Å². The second kappa shape index (κ2) is 10.9. The molecule has 1 aliphatic heterocycles. The van der Waals surface area contributed by atoms with E-state index in [0.717, 1.165) is 0 Å². The Morgan fingerprint density at radius 1 is 1.25 bits per heavy atom. The highest BCUT2D eigenvalue weighted by atomic mass is 32.2. The van der Waals surface area contributed by atoms with Gasteiger partial charge in [0.1, 0.15) is 0 Å². The van der Waals surface area contributed by atoms with Crippen LogP contribution in [0.15, 0.2) is 34.3 Å². The first kappa shape index (κ1) is 26.5. The number of ether oxygens (including phenoxy) is 2. The van der Waals surface area contributed by atoms with Crippen molar-refractivity contribution in [1.82, 2.24) is 4.72 Å². The lowest BCUT2D eigenvalue weighted by molar-refractivity contribution is -0.132. The number of rotatable bonds is 10. The summed E-state index contributed by atoms with van der Waals surface area (Å²) in [6.45, 7) is 12.1. The first-order chi connectivity index (χ1) is 14.9. The van der Waals surface area contributed by atoms with Crippen LogP contribution in [0.4, 0.5) is 0 Å². The summed E-state index contributed by atoms with van der Waals surface area (Å²) in [5.74, 6) is -0.680. The van der Waals surface area contributed by atoms with Crippen molar-refractivity contribution < 1.29 is 31.9 Å². The molecule has 0 spiro atoms. The lowest BCUT2D eigenvalue weighted by atomic mass is 10.1. The third-order valence-electron chi connectivity index (χ3n) is 5.66. The molecule has 32 heavy (non-hydrogen) atoms. The highest BCUT2D eigenvalue weighted by Crippen LogP contribution is 2.36. The lowest BCUT2D eigenvalue weighted by Gasteiger charge is -2.36. The maximum absolute atomic E-state index is 12.6. The summed E-state index contributed by atoms with van der Waals surface area (Å²) in [7, 11) is -4.43. The van der Waals surface area contributed by atoms with Crippen molar-refractivity contribution in [3.05, 3.63) is 29.8 Å². The summed E-state index contributed by atoms with van der Waals surface area (Å²) in [5, 5.41) is 3.98. The molecule has 1 fully saturated rings. The molecular formula is C21H34N2O7SSi. The van der Waals surface area contributed by atoms with Gasteiger partial charge in [0.05, 0.1) is 25.2 Å². The van der Waals surface area contributed by atoms with Crippen molar-refractivity contribution in [3.8, 4) is 0 Å². The predicted molar refractivity (Wildman–Crippen MR) is 124 cm³/mol. The Morgan fingerprint density at radius 2 is 1.91 bits per heavy atom. The number of methoxy groups -OCH3 is 1. The Hall–Kier alpha value is -1.79. The van der Waals surface area contributed by atoms with Crippen molar-refractivity contribution >= 4 is 30.0 Å². The average Bonchev–Trinajstić information content (AvgIpc) is 3.24. The van der Waals surface area contributed by atoms with Gasteiger partial charge in [-0.2, -0.15) is 0 Å². The Bertz CT molecular complexity index is 903. The lowest BCUT2D eigenvalue weighted by Crippen LogP contribution is -2.42. The fraction of sp³-hybridized carbons (Fsp3) is 0.619. The minimum atomic E-state index is -3.73. The summed E-state index contributed by atoms with van der Waals surface area (Å²) in [5.41, 5.74) is 0.343. The maximum atomic E-state index is 12.6. The zero-order valence-electron chi connectivity index (χ0n) is 19.6. The molecule has 180 valence electrons. The summed E-state index contributed by atoms with van der Waals surface area (Å²) < 4.78 is 43.8. The van der Waals surface area contributed by atoms with Crippen LogP contribution in [0.25, 0.3) is 0 Å². The number of sulfonamides is 1. The number of esters is 1. The highest BCUT2D eigenvalue weighted by Gasteiger charge is 2.37. The van der Waals surface area contributed by atoms with Gasteiger partial charge in [-0.25, -0.2) is 17.9 Å². The normalized spacial score (nSPS) is 17.9. The van der Waals surface area contributed by atoms with Gasteiger partial charge in [-0.1, -0.05) is 38.1 Å². The zero-order valence-corrected chi connectivity index (χ0v) is 21.5. The van der Waals surface area contributed by atoms with E-state index in [0.29, 0.717) is 31.8 Å². The molecule has 1 aromatic carbocycles. The van der Waals surface area contributed by atoms with Crippen LogP contribution < -0.4 is 4.72 Å². The Balaban J connectivity index is 2.03. The van der Waals surface area contributed by atoms with Crippen molar-refractivity contribution in [3.63, 3.8) is 0 Å². The van der Waals surface area contributed by atoms with E-state index in [1.807, 2.05) is 0 Å². The van der Waals surface area contributed by atoms with Gasteiger partial charge in [0.2, 0.25) is 10.0 Å². The second-order valence-corrected chi connectivity index (χ2v) is 15.6. The SMILES string of the molecule is COC(=O)/C(=N/O[C@@H]1CCOC1)c1ccc(S(=O)(=O)NCCO[Si](C)(C)C(C)(C)C)cc1. The number of carbonyl (C=O) groups excluding carboxylic acids is 1. The van der Waals surface area contributed by atoms with E-state index in [1.165, 1.54) is 31.4 Å². The van der Waals surface area contributed by atoms with Crippen LogP contribution in [0.3, 0.4) is 0 Å². The van der Waals surface area contributed by atoms with E-state index in [4.69, 9.17) is 18.7 Å². The number of benzene rings is 1. The highest BCUT2D eigenvalue weighted by molar-refractivity contribution is 7.89. The smallest absolute Gasteiger partial charge is 0.360 e. The van der Waals surface area contributed by atoms with Crippen LogP contribution in [0.2, 0.25) is 18.1 Å². The number of oxime groups is 1. The molecule has 1 atom stereocenters. The van der Waals surface area contributed by atoms with Crippen LogP contribution in [0.1, 0.15) is 32.8 Å². The molecule has 0 aliphatic carbocycles. The zero-order chi connectivity index (χ0) is 24.0. The van der Waals surface area contributed by atoms with E-state index in [9.17, 15) is 13.2 Å². The Labute approximate surface area is 191 Å². The topological polar surface area (TPSA) is 113 Å². The van der Waals surface area contributed by atoms with Gasteiger partial charge >= 0.3 is 5.97 Å². The maximum Gasteiger partial charge on any atom is 0.360 e. The van der Waals surface area contributed by atoms with Gasteiger partial charge in [-0.15, -0.1) is 0 Å². The third kappa shape index (κ3) is 7.11. The van der Waals surface area contributed by atoms with E-state index in [2.05, 4.69) is 43.7 Å². The predicted octanol–water partition coefficient (Wildman–Crippen LogP) is 2.67. The van der Waals surface area contributed by atoms with Crippen LogP contribution in [0.5, 0.6) is 0 Å². The fourth-order valence-corrected chi connectivity index (χ4v) is 4.66. The minimum absolute atomic E-state index is 0.0425. The summed E-state index contributed by atoms with van der Waals surface area (Å²) in [6, 6.07) is 5.79. The molecule has 0 radical (unpaired) electrons. The minimum Gasteiger partial charge on any atom is -0.464 e. The van der Waals surface area contributed by atoms with Crippen LogP contribution in [-0.2, 0) is 33.6 Å². The number of hydrogen-bond donors (Lipinski definition) is 1. The molecule has 11 heteroatoms. The van der Waals surface area contributed by atoms with Gasteiger partial charge in [0.25, 0.3) is 0 Å². The van der Waals surface area contributed by atoms with Crippen LogP contribution in [0, 0.1) is 0 Å². The van der Waals surface area contributed by atoms with Gasteiger partial charge in [0, 0.05) is 25.1 Å². The van der Waals surface area contributed by atoms with Gasteiger partial charge in [0.15, 0.2) is 20.1 Å². The van der Waals surface area contributed by atoms with Gasteiger partial charge < -0.3 is 18.7 Å². The van der Waals surface area contributed by atoms with E-state index < -0.39 is 24.3 Å². The van der Waals surface area contributed by atoms with Crippen molar-refractivity contribution in [2.75, 3.05) is 33.5 Å². The molecule has 1 N–H and O–H groups in total. The summed E-state index contributed by atoms with van der Waals surface area (Å²) in [6.07, 6.45) is 0.451. The quantitative estimate of drug-likeness (QED) is 0.178. The molecule has 1 heterocycles. The number of carbonyl (C=O) groups is 1. The first-order valence-electron chi connectivity index (χ1n) is 10.5. The summed E-state index contributed by atoms with van der Waals surface area (Å²) in [4.78, 5) is 17.6. The molecule has 0 saturated carbocycles. The largest absolute Gasteiger partial charge is 0.464 e. The molecular weight excluding hydrogens is 452 g/mol. The molecule has 0 aromatic heterocycles. The molecule has 1 aliphatic rings. The molecule has 0 amide bonds. The van der Waals surface area contributed by atoms with E-state index in [1.54, 1.807) is 0 Å².